The average molecular weight is 415 g/mol. The Kier molecular flexibility index (Phi) is 5.51. The summed E-state index contributed by atoms with van der Waals surface area (Å²) in [7, 11) is 1.72. The predicted molar refractivity (Wildman–Crippen MR) is 111 cm³/mol. The first-order chi connectivity index (χ1) is 12.7. The number of hydrogen-bond acceptors (Lipinski definition) is 3. The van der Waals surface area contributed by atoms with E-state index in [1.54, 1.807) is 7.11 Å². The number of anilines is 1. The number of halogens is 1. The maximum atomic E-state index is 5.29. The van der Waals surface area contributed by atoms with E-state index < -0.39 is 0 Å². The van der Waals surface area contributed by atoms with Crippen molar-refractivity contribution in [3.8, 4) is 5.75 Å². The minimum atomic E-state index is 0.566. The number of ether oxygens (including phenoxy) is 1. The van der Waals surface area contributed by atoms with Gasteiger partial charge in [-0.1, -0.05) is 30.7 Å². The topological polar surface area (TPSA) is 24.5 Å². The van der Waals surface area contributed by atoms with Crippen LogP contribution in [0, 0.1) is 0 Å². The molecule has 2 aromatic rings. The summed E-state index contributed by atoms with van der Waals surface area (Å²) in [5.74, 6) is 0.935. The van der Waals surface area contributed by atoms with Crippen molar-refractivity contribution >= 4 is 21.6 Å². The molecule has 0 amide bonds. The zero-order valence-electron chi connectivity index (χ0n) is 15.3. The van der Waals surface area contributed by atoms with E-state index in [4.69, 9.17) is 4.74 Å². The van der Waals surface area contributed by atoms with Crippen LogP contribution in [0.15, 0.2) is 53.0 Å². The molecule has 2 aliphatic heterocycles. The number of methoxy groups -OCH3 is 1. The molecule has 2 heterocycles. The molecule has 1 N–H and O–H groups in total. The van der Waals surface area contributed by atoms with Crippen LogP contribution in [0.4, 0.5) is 5.69 Å². The Morgan fingerprint density at radius 1 is 1.04 bits per heavy atom. The van der Waals surface area contributed by atoms with Crippen LogP contribution in [0.3, 0.4) is 0 Å². The summed E-state index contributed by atoms with van der Waals surface area (Å²) < 4.78 is 6.45. The summed E-state index contributed by atoms with van der Waals surface area (Å²) in [6, 6.07) is 19.0. The summed E-state index contributed by atoms with van der Waals surface area (Å²) in [6.07, 6.45) is 6.47. The molecule has 3 nitrogen and oxygen atoms in total. The highest BCUT2D eigenvalue weighted by atomic mass is 79.9. The second-order valence-electron chi connectivity index (χ2n) is 7.55. The standard InChI is InChI=1S/C22H27BrN2O/c1-26-20-11-9-16(10-12-20)15-25-18-5-4-6-19(25)14-17(13-18)24-22-8-3-2-7-21(22)23/h2-3,7-12,17-19,24H,4-6,13-15H2,1H3. The van der Waals surface area contributed by atoms with E-state index in [0.29, 0.717) is 18.1 Å². The van der Waals surface area contributed by atoms with E-state index in [1.807, 2.05) is 0 Å². The maximum Gasteiger partial charge on any atom is 0.118 e. The molecule has 2 saturated heterocycles. The predicted octanol–water partition coefficient (Wildman–Crippen LogP) is 5.46. The molecule has 0 aliphatic carbocycles. The van der Waals surface area contributed by atoms with Crippen molar-refractivity contribution in [2.24, 2.45) is 0 Å². The van der Waals surface area contributed by atoms with E-state index in [0.717, 1.165) is 16.8 Å². The van der Waals surface area contributed by atoms with Gasteiger partial charge in [0.2, 0.25) is 0 Å². The number of nitrogens with zero attached hydrogens (tertiary/aromatic N) is 1. The lowest BCUT2D eigenvalue weighted by Gasteiger charge is -2.49. The molecule has 0 saturated carbocycles. The maximum absolute atomic E-state index is 5.29. The first kappa shape index (κ1) is 17.9. The molecule has 2 aliphatic rings. The Bertz CT molecular complexity index is 719. The van der Waals surface area contributed by atoms with Crippen LogP contribution in [0.25, 0.3) is 0 Å². The zero-order chi connectivity index (χ0) is 17.9. The monoisotopic (exact) mass is 414 g/mol. The first-order valence-electron chi connectivity index (χ1n) is 9.62. The number of piperidine rings is 2. The van der Waals surface area contributed by atoms with Crippen molar-refractivity contribution in [2.45, 2.75) is 56.8 Å². The summed E-state index contributed by atoms with van der Waals surface area (Å²) >= 11 is 3.67. The van der Waals surface area contributed by atoms with Gasteiger partial charge in [0, 0.05) is 34.8 Å². The molecule has 4 heteroatoms. The Morgan fingerprint density at radius 3 is 2.38 bits per heavy atom. The Balaban J connectivity index is 1.43. The van der Waals surface area contributed by atoms with Crippen molar-refractivity contribution in [2.75, 3.05) is 12.4 Å². The quantitative estimate of drug-likeness (QED) is 0.702. The van der Waals surface area contributed by atoms with Gasteiger partial charge in [-0.3, -0.25) is 4.90 Å². The summed E-state index contributed by atoms with van der Waals surface area (Å²) in [4.78, 5) is 2.75. The minimum Gasteiger partial charge on any atom is -0.497 e. The molecule has 138 valence electrons. The Morgan fingerprint density at radius 2 is 1.73 bits per heavy atom. The van der Waals surface area contributed by atoms with E-state index in [1.165, 1.54) is 43.4 Å². The van der Waals surface area contributed by atoms with Crippen molar-refractivity contribution in [3.05, 3.63) is 58.6 Å². The van der Waals surface area contributed by atoms with E-state index in [-0.39, 0.29) is 0 Å². The average Bonchev–Trinajstić information content (AvgIpc) is 2.65. The van der Waals surface area contributed by atoms with Crippen LogP contribution in [-0.2, 0) is 6.54 Å². The third kappa shape index (κ3) is 3.91. The van der Waals surface area contributed by atoms with E-state index in [2.05, 4.69) is 74.7 Å². The van der Waals surface area contributed by atoms with Gasteiger partial charge in [-0.25, -0.2) is 0 Å². The van der Waals surface area contributed by atoms with Crippen molar-refractivity contribution in [1.82, 2.24) is 4.90 Å². The van der Waals surface area contributed by atoms with Crippen LogP contribution < -0.4 is 10.1 Å². The lowest BCUT2D eigenvalue weighted by molar-refractivity contribution is 0.0277. The minimum absolute atomic E-state index is 0.566. The van der Waals surface area contributed by atoms with Crippen LogP contribution >= 0.6 is 15.9 Å². The molecule has 2 bridgehead atoms. The Hall–Kier alpha value is -1.52. The van der Waals surface area contributed by atoms with Gasteiger partial charge < -0.3 is 10.1 Å². The number of hydrogen-bond donors (Lipinski definition) is 1. The third-order valence-corrected chi connectivity index (χ3v) is 6.58. The summed E-state index contributed by atoms with van der Waals surface area (Å²) in [5, 5.41) is 3.79. The fraction of sp³-hybridized carbons (Fsp3) is 0.455. The van der Waals surface area contributed by atoms with Gasteiger partial charge in [0.25, 0.3) is 0 Å². The molecule has 2 fully saturated rings. The fourth-order valence-electron chi connectivity index (χ4n) is 4.59. The molecule has 0 aromatic heterocycles. The van der Waals surface area contributed by atoms with Crippen molar-refractivity contribution < 1.29 is 4.74 Å². The van der Waals surface area contributed by atoms with E-state index in [9.17, 15) is 0 Å². The normalized spacial score (nSPS) is 25.7. The highest BCUT2D eigenvalue weighted by Crippen LogP contribution is 2.37. The van der Waals surface area contributed by atoms with Gasteiger partial charge in [-0.2, -0.15) is 0 Å². The SMILES string of the molecule is COc1ccc(CN2C3CCCC2CC(Nc2ccccc2Br)C3)cc1. The highest BCUT2D eigenvalue weighted by Gasteiger charge is 2.38. The molecule has 26 heavy (non-hydrogen) atoms. The number of benzene rings is 2. The molecule has 0 radical (unpaired) electrons. The fourth-order valence-corrected chi connectivity index (χ4v) is 4.99. The molecule has 0 spiro atoms. The molecular formula is C22H27BrN2O. The number of rotatable bonds is 5. The summed E-state index contributed by atoms with van der Waals surface area (Å²) in [5.41, 5.74) is 2.61. The Labute approximate surface area is 164 Å². The van der Waals surface area contributed by atoms with Crippen LogP contribution in [0.5, 0.6) is 5.75 Å². The lowest BCUT2D eigenvalue weighted by Crippen LogP contribution is -2.54. The second kappa shape index (κ2) is 8.01. The van der Waals surface area contributed by atoms with Gasteiger partial charge in [-0.15, -0.1) is 0 Å². The van der Waals surface area contributed by atoms with Gasteiger partial charge >= 0.3 is 0 Å². The third-order valence-electron chi connectivity index (χ3n) is 5.88. The van der Waals surface area contributed by atoms with Gasteiger partial charge in [0.05, 0.1) is 7.11 Å². The van der Waals surface area contributed by atoms with Crippen LogP contribution in [-0.4, -0.2) is 30.1 Å². The molecule has 2 atom stereocenters. The smallest absolute Gasteiger partial charge is 0.118 e. The number of nitrogens with one attached hydrogen (secondary N) is 1. The largest absolute Gasteiger partial charge is 0.497 e. The molecule has 2 unspecified atom stereocenters. The lowest BCUT2D eigenvalue weighted by atomic mass is 9.81. The van der Waals surface area contributed by atoms with Gasteiger partial charge in [0.15, 0.2) is 0 Å². The van der Waals surface area contributed by atoms with Crippen molar-refractivity contribution in [3.63, 3.8) is 0 Å². The van der Waals surface area contributed by atoms with Gasteiger partial charge in [0.1, 0.15) is 5.75 Å². The number of para-hydroxylation sites is 1. The highest BCUT2D eigenvalue weighted by molar-refractivity contribution is 9.10. The molecule has 2 aromatic carbocycles. The second-order valence-corrected chi connectivity index (χ2v) is 8.41. The van der Waals surface area contributed by atoms with E-state index >= 15 is 0 Å². The van der Waals surface area contributed by atoms with Gasteiger partial charge in [-0.05, 0) is 71.4 Å². The molecule has 4 rings (SSSR count). The summed E-state index contributed by atoms with van der Waals surface area (Å²) in [6.45, 7) is 1.06. The first-order valence-corrected chi connectivity index (χ1v) is 10.4. The van der Waals surface area contributed by atoms with Crippen molar-refractivity contribution in [1.29, 1.82) is 0 Å². The number of fused-ring (bicyclic) bond motifs is 2. The molecular weight excluding hydrogens is 388 g/mol. The zero-order valence-corrected chi connectivity index (χ0v) is 16.9. The van der Waals surface area contributed by atoms with Crippen LogP contribution in [0.2, 0.25) is 0 Å². The van der Waals surface area contributed by atoms with Crippen LogP contribution in [0.1, 0.15) is 37.7 Å².